The van der Waals surface area contributed by atoms with E-state index < -0.39 is 0 Å². The molecule has 18 heavy (non-hydrogen) atoms. The van der Waals surface area contributed by atoms with E-state index in [0.29, 0.717) is 19.6 Å². The van der Waals surface area contributed by atoms with Gasteiger partial charge in [0.2, 0.25) is 0 Å². The number of nitrogens with zero attached hydrogens (tertiary/aromatic N) is 1. The summed E-state index contributed by atoms with van der Waals surface area (Å²) in [6, 6.07) is 5.84. The Bertz CT molecular complexity index is 405. The molecule has 0 saturated carbocycles. The van der Waals surface area contributed by atoms with Gasteiger partial charge < -0.3 is 15.4 Å². The molecule has 1 amide bonds. The normalized spacial score (nSPS) is 10.2. The average Bonchev–Trinajstić information content (AvgIpc) is 2.37. The molecule has 0 heterocycles. The Labute approximate surface area is 109 Å². The van der Waals surface area contributed by atoms with Gasteiger partial charge in [0.1, 0.15) is 5.75 Å². The summed E-state index contributed by atoms with van der Waals surface area (Å²) in [6.45, 7) is 7.73. The van der Waals surface area contributed by atoms with Gasteiger partial charge in [-0.2, -0.15) is 0 Å². The van der Waals surface area contributed by atoms with Gasteiger partial charge in [0.25, 0.3) is 5.91 Å². The molecule has 0 aliphatic carbocycles. The number of carbonyl (C=O) groups is 1. The van der Waals surface area contributed by atoms with Crippen LogP contribution in [-0.2, 0) is 4.79 Å². The van der Waals surface area contributed by atoms with Gasteiger partial charge in [0.15, 0.2) is 6.61 Å². The molecule has 1 rings (SSSR count). The van der Waals surface area contributed by atoms with Gasteiger partial charge >= 0.3 is 0 Å². The maximum atomic E-state index is 11.9. The summed E-state index contributed by atoms with van der Waals surface area (Å²) in [5, 5.41) is 0. The molecule has 100 valence electrons. The summed E-state index contributed by atoms with van der Waals surface area (Å²) in [7, 11) is 0. The third-order valence-corrected chi connectivity index (χ3v) is 3.04. The highest BCUT2D eigenvalue weighted by Gasteiger charge is 2.12. The van der Waals surface area contributed by atoms with Crippen LogP contribution in [0.15, 0.2) is 18.2 Å². The number of ether oxygens (including phenoxy) is 1. The predicted molar refractivity (Wildman–Crippen MR) is 72.7 cm³/mol. The number of hydrogen-bond acceptors (Lipinski definition) is 3. The fourth-order valence-electron chi connectivity index (χ4n) is 1.73. The number of hydrogen-bond donors (Lipinski definition) is 1. The van der Waals surface area contributed by atoms with Gasteiger partial charge in [-0.3, -0.25) is 4.79 Å². The molecule has 0 unspecified atom stereocenters. The predicted octanol–water partition coefficient (Wildman–Crippen LogP) is 1.49. The molecule has 4 nitrogen and oxygen atoms in total. The fourth-order valence-corrected chi connectivity index (χ4v) is 1.73. The highest BCUT2D eigenvalue weighted by atomic mass is 16.5. The molecular weight excluding hydrogens is 228 g/mol. The van der Waals surface area contributed by atoms with Crippen LogP contribution >= 0.6 is 0 Å². The summed E-state index contributed by atoms with van der Waals surface area (Å²) in [5.74, 6) is 0.746. The zero-order chi connectivity index (χ0) is 13.5. The molecule has 1 aromatic carbocycles. The van der Waals surface area contributed by atoms with E-state index in [4.69, 9.17) is 10.5 Å². The number of likely N-dealkylation sites (N-methyl/N-ethyl adjacent to an activating group) is 1. The van der Waals surface area contributed by atoms with E-state index in [1.54, 1.807) is 4.90 Å². The first kappa shape index (κ1) is 14.5. The van der Waals surface area contributed by atoms with Gasteiger partial charge in [-0.1, -0.05) is 12.1 Å². The van der Waals surface area contributed by atoms with E-state index >= 15 is 0 Å². The maximum absolute atomic E-state index is 11.9. The number of carbonyl (C=O) groups excluding carboxylic acids is 1. The van der Waals surface area contributed by atoms with Crippen molar-refractivity contribution in [2.45, 2.75) is 20.8 Å². The Kier molecular flexibility index (Phi) is 5.65. The molecular formula is C14H22N2O2. The van der Waals surface area contributed by atoms with Crippen molar-refractivity contribution >= 4 is 5.91 Å². The lowest BCUT2D eigenvalue weighted by molar-refractivity contribution is -0.133. The molecule has 4 heteroatoms. The summed E-state index contributed by atoms with van der Waals surface area (Å²) in [4.78, 5) is 13.6. The van der Waals surface area contributed by atoms with Gasteiger partial charge in [-0.05, 0) is 38.0 Å². The van der Waals surface area contributed by atoms with Crippen molar-refractivity contribution in [1.82, 2.24) is 4.90 Å². The minimum absolute atomic E-state index is 0.0242. The number of benzene rings is 1. The van der Waals surface area contributed by atoms with E-state index in [1.807, 2.05) is 39.0 Å². The van der Waals surface area contributed by atoms with Crippen LogP contribution in [0, 0.1) is 13.8 Å². The Morgan fingerprint density at radius 3 is 2.72 bits per heavy atom. The van der Waals surface area contributed by atoms with E-state index in [2.05, 4.69) is 0 Å². The lowest BCUT2D eigenvalue weighted by Gasteiger charge is -2.20. The summed E-state index contributed by atoms with van der Waals surface area (Å²) >= 11 is 0. The zero-order valence-corrected chi connectivity index (χ0v) is 11.4. The fraction of sp³-hybridized carbons (Fsp3) is 0.500. The second-order valence-electron chi connectivity index (χ2n) is 4.25. The molecule has 0 radical (unpaired) electrons. The first-order valence-corrected chi connectivity index (χ1v) is 6.27. The molecule has 1 aromatic rings. The van der Waals surface area contributed by atoms with Crippen molar-refractivity contribution in [3.63, 3.8) is 0 Å². The molecule has 0 aromatic heterocycles. The number of rotatable bonds is 6. The van der Waals surface area contributed by atoms with Gasteiger partial charge in [0.05, 0.1) is 0 Å². The third kappa shape index (κ3) is 3.74. The molecule has 0 aliphatic heterocycles. The van der Waals surface area contributed by atoms with Crippen molar-refractivity contribution < 1.29 is 9.53 Å². The monoisotopic (exact) mass is 250 g/mol. The number of nitrogens with two attached hydrogens (primary N) is 1. The number of amides is 1. The van der Waals surface area contributed by atoms with Gasteiger partial charge in [-0.25, -0.2) is 0 Å². The van der Waals surface area contributed by atoms with Crippen LogP contribution in [0.1, 0.15) is 18.1 Å². The molecule has 2 N–H and O–H groups in total. The van der Waals surface area contributed by atoms with Crippen molar-refractivity contribution in [3.8, 4) is 5.75 Å². The Balaban J connectivity index is 2.59. The smallest absolute Gasteiger partial charge is 0.260 e. The Hall–Kier alpha value is -1.55. The lowest BCUT2D eigenvalue weighted by Crippen LogP contribution is -2.38. The first-order valence-electron chi connectivity index (χ1n) is 6.27. The SMILES string of the molecule is CCN(CCN)C(=O)COc1cccc(C)c1C. The van der Waals surface area contributed by atoms with Crippen LogP contribution < -0.4 is 10.5 Å². The van der Waals surface area contributed by atoms with Crippen LogP contribution in [0.25, 0.3) is 0 Å². The standard InChI is InChI=1S/C14H22N2O2/c1-4-16(9-8-15)14(17)10-18-13-7-5-6-11(2)12(13)3/h5-7H,4,8-10,15H2,1-3H3. The summed E-state index contributed by atoms with van der Waals surface area (Å²) in [5.41, 5.74) is 7.70. The highest BCUT2D eigenvalue weighted by Crippen LogP contribution is 2.20. The van der Waals surface area contributed by atoms with E-state index in [9.17, 15) is 4.79 Å². The van der Waals surface area contributed by atoms with E-state index in [0.717, 1.165) is 16.9 Å². The van der Waals surface area contributed by atoms with Crippen molar-refractivity contribution in [2.24, 2.45) is 5.73 Å². The zero-order valence-electron chi connectivity index (χ0n) is 11.4. The molecule has 0 bridgehead atoms. The second-order valence-corrected chi connectivity index (χ2v) is 4.25. The largest absolute Gasteiger partial charge is 0.483 e. The van der Waals surface area contributed by atoms with Crippen molar-refractivity contribution in [3.05, 3.63) is 29.3 Å². The van der Waals surface area contributed by atoms with Crippen molar-refractivity contribution in [1.29, 1.82) is 0 Å². The summed E-state index contributed by atoms with van der Waals surface area (Å²) < 4.78 is 5.58. The highest BCUT2D eigenvalue weighted by molar-refractivity contribution is 5.77. The topological polar surface area (TPSA) is 55.6 Å². The van der Waals surface area contributed by atoms with E-state index in [-0.39, 0.29) is 12.5 Å². The molecule has 0 aliphatic rings. The van der Waals surface area contributed by atoms with Crippen LogP contribution in [0.5, 0.6) is 5.75 Å². The Morgan fingerprint density at radius 2 is 2.11 bits per heavy atom. The van der Waals surface area contributed by atoms with Crippen LogP contribution in [-0.4, -0.2) is 37.0 Å². The minimum Gasteiger partial charge on any atom is -0.483 e. The van der Waals surface area contributed by atoms with E-state index in [1.165, 1.54) is 0 Å². The lowest BCUT2D eigenvalue weighted by atomic mass is 10.1. The first-order chi connectivity index (χ1) is 8.60. The van der Waals surface area contributed by atoms with Crippen LogP contribution in [0.4, 0.5) is 0 Å². The quantitative estimate of drug-likeness (QED) is 0.832. The molecule has 0 fully saturated rings. The Morgan fingerprint density at radius 1 is 1.39 bits per heavy atom. The average molecular weight is 250 g/mol. The number of aryl methyl sites for hydroxylation is 1. The third-order valence-electron chi connectivity index (χ3n) is 3.04. The maximum Gasteiger partial charge on any atom is 0.260 e. The minimum atomic E-state index is -0.0242. The molecule has 0 spiro atoms. The molecule has 0 atom stereocenters. The molecule has 0 saturated heterocycles. The summed E-state index contributed by atoms with van der Waals surface area (Å²) in [6.07, 6.45) is 0. The van der Waals surface area contributed by atoms with Crippen LogP contribution in [0.3, 0.4) is 0 Å². The van der Waals surface area contributed by atoms with Crippen molar-refractivity contribution in [2.75, 3.05) is 26.2 Å². The van der Waals surface area contributed by atoms with Gasteiger partial charge in [0, 0.05) is 19.6 Å². The van der Waals surface area contributed by atoms with Gasteiger partial charge in [-0.15, -0.1) is 0 Å². The second kappa shape index (κ2) is 7.01. The van der Waals surface area contributed by atoms with Crippen LogP contribution in [0.2, 0.25) is 0 Å².